The van der Waals surface area contributed by atoms with Crippen LogP contribution in [0.4, 0.5) is 16.2 Å². The first-order valence-corrected chi connectivity index (χ1v) is 9.58. The van der Waals surface area contributed by atoms with Gasteiger partial charge in [-0.15, -0.1) is 0 Å². The maximum Gasteiger partial charge on any atom is 0.407 e. The van der Waals surface area contributed by atoms with Crippen molar-refractivity contribution in [3.05, 3.63) is 27.8 Å². The molecule has 30 heavy (non-hydrogen) atoms. The number of ether oxygens (including phenoxy) is 3. The first-order chi connectivity index (χ1) is 14.1. The van der Waals surface area contributed by atoms with Gasteiger partial charge in [0.05, 0.1) is 31.4 Å². The third-order valence-corrected chi connectivity index (χ3v) is 4.08. The summed E-state index contributed by atoms with van der Waals surface area (Å²) in [7, 11) is 0. The van der Waals surface area contributed by atoms with E-state index in [2.05, 4.69) is 10.6 Å². The summed E-state index contributed by atoms with van der Waals surface area (Å²) < 4.78 is 15.9. The van der Waals surface area contributed by atoms with Crippen molar-refractivity contribution >= 4 is 23.4 Å². The van der Waals surface area contributed by atoms with Gasteiger partial charge < -0.3 is 30.6 Å². The number of primary amides is 1. The second-order valence-corrected chi connectivity index (χ2v) is 8.00. The number of nitro benzene ring substituents is 1. The molecule has 0 aliphatic carbocycles. The molecule has 166 valence electrons. The van der Waals surface area contributed by atoms with Crippen LogP contribution in [0.15, 0.2) is 12.1 Å². The van der Waals surface area contributed by atoms with Crippen molar-refractivity contribution in [3.8, 4) is 5.75 Å². The lowest BCUT2D eigenvalue weighted by molar-refractivity contribution is -0.384. The van der Waals surface area contributed by atoms with Crippen LogP contribution in [0.2, 0.25) is 0 Å². The summed E-state index contributed by atoms with van der Waals surface area (Å²) in [6.45, 7) is 7.30. The highest BCUT2D eigenvalue weighted by atomic mass is 16.6. The fraction of sp³-hybridized carbons (Fsp3) is 0.579. The summed E-state index contributed by atoms with van der Waals surface area (Å²) in [6.07, 6.45) is -0.131. The number of hydrogen-bond acceptors (Lipinski definition) is 8. The minimum atomic E-state index is -0.792. The van der Waals surface area contributed by atoms with Gasteiger partial charge in [-0.2, -0.15) is 0 Å². The zero-order chi connectivity index (χ0) is 22.3. The van der Waals surface area contributed by atoms with Gasteiger partial charge in [0.25, 0.3) is 5.69 Å². The Labute approximate surface area is 174 Å². The number of hydrogen-bond donors (Lipinski definition) is 3. The Hall–Kier alpha value is -3.08. The van der Waals surface area contributed by atoms with Crippen LogP contribution in [0.25, 0.3) is 0 Å². The highest BCUT2D eigenvalue weighted by molar-refractivity contribution is 5.95. The maximum atomic E-state index is 11.7. The minimum absolute atomic E-state index is 0.0192. The molecular formula is C19H28N4O7. The molecule has 0 radical (unpaired) electrons. The quantitative estimate of drug-likeness (QED) is 0.293. The van der Waals surface area contributed by atoms with Crippen molar-refractivity contribution in [2.75, 3.05) is 38.3 Å². The molecule has 2 rings (SSSR count). The average molecular weight is 424 g/mol. The summed E-state index contributed by atoms with van der Waals surface area (Å²) >= 11 is 0. The van der Waals surface area contributed by atoms with Crippen molar-refractivity contribution in [2.24, 2.45) is 11.7 Å². The molecule has 1 aliphatic rings. The van der Waals surface area contributed by atoms with Gasteiger partial charge in [-0.3, -0.25) is 14.9 Å². The van der Waals surface area contributed by atoms with Gasteiger partial charge in [0.15, 0.2) is 5.69 Å². The molecule has 11 heteroatoms. The number of alkyl carbamates (subject to hydrolysis) is 1. The molecule has 1 saturated heterocycles. The first-order valence-electron chi connectivity index (χ1n) is 9.58. The normalized spacial score (nSPS) is 13.8. The van der Waals surface area contributed by atoms with E-state index >= 15 is 0 Å². The number of rotatable bonds is 10. The van der Waals surface area contributed by atoms with Gasteiger partial charge >= 0.3 is 6.09 Å². The van der Waals surface area contributed by atoms with Gasteiger partial charge in [0.1, 0.15) is 5.75 Å². The molecule has 0 unspecified atom stereocenters. The molecule has 0 spiro atoms. The zero-order valence-corrected chi connectivity index (χ0v) is 17.4. The SMILES string of the molecule is CC(C)(C)NC(=O)OCCCNc1c(OCC2COC2)cc(C(N)=O)cc1[N+](=O)[O-]. The maximum absolute atomic E-state index is 11.7. The van der Waals surface area contributed by atoms with E-state index < -0.39 is 22.5 Å². The van der Waals surface area contributed by atoms with Crippen LogP contribution in [0.1, 0.15) is 37.6 Å². The van der Waals surface area contributed by atoms with E-state index in [-0.39, 0.29) is 41.8 Å². The zero-order valence-electron chi connectivity index (χ0n) is 17.4. The van der Waals surface area contributed by atoms with Gasteiger partial charge in [-0.05, 0) is 33.3 Å². The van der Waals surface area contributed by atoms with E-state index in [0.29, 0.717) is 26.2 Å². The second kappa shape index (κ2) is 10.1. The standard InChI is InChI=1S/C19H28N4O7/c1-19(2,3)22-18(25)29-6-4-5-21-16-14(23(26)27)7-13(17(20)24)8-15(16)30-11-12-9-28-10-12/h7-8,12,21H,4-6,9-11H2,1-3H3,(H2,20,24)(H,22,25). The number of carbonyl (C=O) groups excluding carboxylic acids is 2. The highest BCUT2D eigenvalue weighted by Crippen LogP contribution is 2.36. The Balaban J connectivity index is 2.03. The Kier molecular flexibility index (Phi) is 7.81. The van der Waals surface area contributed by atoms with Crippen molar-refractivity contribution in [3.63, 3.8) is 0 Å². The van der Waals surface area contributed by atoms with E-state index in [0.717, 1.165) is 6.07 Å². The van der Waals surface area contributed by atoms with E-state index in [9.17, 15) is 19.7 Å². The molecule has 4 N–H and O–H groups in total. The van der Waals surface area contributed by atoms with Crippen LogP contribution in [-0.2, 0) is 9.47 Å². The summed E-state index contributed by atoms with van der Waals surface area (Å²) in [4.78, 5) is 34.1. The van der Waals surface area contributed by atoms with Crippen LogP contribution in [0.5, 0.6) is 5.75 Å². The summed E-state index contributed by atoms with van der Waals surface area (Å²) in [6, 6.07) is 2.49. The molecule has 1 aromatic carbocycles. The van der Waals surface area contributed by atoms with Crippen molar-refractivity contribution in [1.82, 2.24) is 5.32 Å². The number of amides is 2. The van der Waals surface area contributed by atoms with Crippen LogP contribution < -0.4 is 21.1 Å². The summed E-state index contributed by atoms with van der Waals surface area (Å²) in [5.41, 5.74) is 4.69. The Morgan fingerprint density at radius 3 is 2.57 bits per heavy atom. The molecule has 0 bridgehead atoms. The lowest BCUT2D eigenvalue weighted by Crippen LogP contribution is -2.41. The van der Waals surface area contributed by atoms with Crippen molar-refractivity contribution in [2.45, 2.75) is 32.7 Å². The fourth-order valence-electron chi connectivity index (χ4n) is 2.56. The topological polar surface area (TPSA) is 155 Å². The number of nitro groups is 1. The van der Waals surface area contributed by atoms with Gasteiger partial charge in [-0.25, -0.2) is 4.79 Å². The largest absolute Gasteiger partial charge is 0.491 e. The molecule has 1 aliphatic heterocycles. The van der Waals surface area contributed by atoms with E-state index in [1.54, 1.807) is 0 Å². The molecular weight excluding hydrogens is 396 g/mol. The van der Waals surface area contributed by atoms with Gasteiger partial charge in [0, 0.05) is 29.6 Å². The number of carbonyl (C=O) groups is 2. The molecule has 1 fully saturated rings. The van der Waals surface area contributed by atoms with Crippen LogP contribution >= 0.6 is 0 Å². The molecule has 1 aromatic rings. The summed E-state index contributed by atoms with van der Waals surface area (Å²) in [5.74, 6) is -0.445. The Bertz CT molecular complexity index is 788. The lowest BCUT2D eigenvalue weighted by Gasteiger charge is -2.26. The molecule has 2 amide bonds. The smallest absolute Gasteiger partial charge is 0.407 e. The molecule has 0 atom stereocenters. The lowest BCUT2D eigenvalue weighted by atomic mass is 10.1. The van der Waals surface area contributed by atoms with Crippen LogP contribution in [-0.4, -0.2) is 55.4 Å². The number of nitrogens with two attached hydrogens (primary N) is 1. The van der Waals surface area contributed by atoms with Gasteiger partial charge in [-0.1, -0.05) is 0 Å². The number of nitrogens with zero attached hydrogens (tertiary/aromatic N) is 1. The second-order valence-electron chi connectivity index (χ2n) is 8.00. The highest BCUT2D eigenvalue weighted by Gasteiger charge is 2.25. The molecule has 1 heterocycles. The molecule has 11 nitrogen and oxygen atoms in total. The van der Waals surface area contributed by atoms with Crippen molar-refractivity contribution < 1.29 is 28.7 Å². The third-order valence-electron chi connectivity index (χ3n) is 4.08. The molecule has 0 saturated carbocycles. The number of benzene rings is 1. The number of nitrogens with one attached hydrogen (secondary N) is 2. The third kappa shape index (κ3) is 7.07. The summed E-state index contributed by atoms with van der Waals surface area (Å²) in [5, 5.41) is 17.1. The van der Waals surface area contributed by atoms with E-state index in [1.165, 1.54) is 6.07 Å². The van der Waals surface area contributed by atoms with Crippen LogP contribution in [0, 0.1) is 16.0 Å². The van der Waals surface area contributed by atoms with E-state index in [1.807, 2.05) is 20.8 Å². The predicted octanol–water partition coefficient (Wildman–Crippen LogP) is 2.05. The van der Waals surface area contributed by atoms with E-state index in [4.69, 9.17) is 19.9 Å². The predicted molar refractivity (Wildman–Crippen MR) is 109 cm³/mol. The monoisotopic (exact) mass is 424 g/mol. The van der Waals surface area contributed by atoms with Crippen LogP contribution in [0.3, 0.4) is 0 Å². The minimum Gasteiger partial charge on any atom is -0.491 e. The number of anilines is 1. The average Bonchev–Trinajstić information content (AvgIpc) is 2.58. The first kappa shape index (κ1) is 23.2. The van der Waals surface area contributed by atoms with Gasteiger partial charge in [0.2, 0.25) is 5.91 Å². The molecule has 0 aromatic heterocycles. The Morgan fingerprint density at radius 2 is 2.03 bits per heavy atom. The van der Waals surface area contributed by atoms with Crippen molar-refractivity contribution in [1.29, 1.82) is 0 Å². The Morgan fingerprint density at radius 1 is 1.33 bits per heavy atom. The fourth-order valence-corrected chi connectivity index (χ4v) is 2.56.